The predicted octanol–water partition coefficient (Wildman–Crippen LogP) is 2.02. The van der Waals surface area contributed by atoms with Gasteiger partial charge in [-0.25, -0.2) is 0 Å². The molecule has 1 rings (SSSR count). The van der Waals surface area contributed by atoms with Gasteiger partial charge in [0.05, 0.1) is 11.8 Å². The summed E-state index contributed by atoms with van der Waals surface area (Å²) >= 11 is 0. The van der Waals surface area contributed by atoms with E-state index in [-0.39, 0.29) is 12.5 Å². The average Bonchev–Trinajstić information content (AvgIpc) is 2.37. The number of benzene rings is 1. The summed E-state index contributed by atoms with van der Waals surface area (Å²) in [6, 6.07) is 7.79. The van der Waals surface area contributed by atoms with Gasteiger partial charge >= 0.3 is 5.97 Å². The lowest BCUT2D eigenvalue weighted by Crippen LogP contribution is -2.39. The first-order valence-electron chi connectivity index (χ1n) is 6.43. The maximum Gasteiger partial charge on any atom is 0.310 e. The van der Waals surface area contributed by atoms with Crippen LogP contribution in [0.5, 0.6) is 0 Å². The Hall–Kier alpha value is -1.84. The molecule has 2 N–H and O–H groups in total. The minimum atomic E-state index is -0.945. The van der Waals surface area contributed by atoms with Crippen LogP contribution in [0.4, 0.5) is 0 Å². The van der Waals surface area contributed by atoms with Crippen LogP contribution >= 0.6 is 0 Å². The lowest BCUT2D eigenvalue weighted by molar-refractivity contribution is -0.146. The number of carbonyl (C=O) groups excluding carboxylic acids is 1. The van der Waals surface area contributed by atoms with Gasteiger partial charge in [-0.1, -0.05) is 31.2 Å². The molecule has 0 radical (unpaired) electrons. The van der Waals surface area contributed by atoms with Crippen molar-refractivity contribution in [2.75, 3.05) is 6.54 Å². The molecule has 0 fully saturated rings. The van der Waals surface area contributed by atoms with Crippen LogP contribution < -0.4 is 5.32 Å². The molecule has 0 spiro atoms. The molecule has 0 aliphatic carbocycles. The molecule has 1 aromatic carbocycles. The summed E-state index contributed by atoms with van der Waals surface area (Å²) < 4.78 is 0. The fourth-order valence-corrected chi connectivity index (χ4v) is 1.71. The number of nitrogens with one attached hydrogen (secondary N) is 1. The Morgan fingerprint density at radius 3 is 2.32 bits per heavy atom. The van der Waals surface area contributed by atoms with Gasteiger partial charge in [0, 0.05) is 6.54 Å². The zero-order valence-electron chi connectivity index (χ0n) is 11.7. The van der Waals surface area contributed by atoms with Crippen molar-refractivity contribution in [2.24, 2.45) is 5.41 Å². The molecule has 0 atom stereocenters. The molecular formula is C15H21NO3. The molecule has 19 heavy (non-hydrogen) atoms. The highest BCUT2D eigenvalue weighted by atomic mass is 16.4. The van der Waals surface area contributed by atoms with Crippen LogP contribution in [0.3, 0.4) is 0 Å². The maximum atomic E-state index is 11.8. The second kappa shape index (κ2) is 6.36. The number of carboxylic acids is 1. The molecule has 0 aliphatic heterocycles. The zero-order chi connectivity index (χ0) is 14.5. The molecule has 0 heterocycles. The van der Waals surface area contributed by atoms with Crippen molar-refractivity contribution in [3.05, 3.63) is 35.4 Å². The highest BCUT2D eigenvalue weighted by Crippen LogP contribution is 2.14. The van der Waals surface area contributed by atoms with Crippen LogP contribution in [-0.4, -0.2) is 23.5 Å². The van der Waals surface area contributed by atoms with Crippen molar-refractivity contribution < 1.29 is 14.7 Å². The Bertz CT molecular complexity index is 466. The number of carboxylic acid groups (broad SMARTS) is 1. The van der Waals surface area contributed by atoms with Crippen LogP contribution in [-0.2, 0) is 22.4 Å². The molecule has 0 unspecified atom stereocenters. The average molecular weight is 263 g/mol. The lowest BCUT2D eigenvalue weighted by atomic mass is 9.93. The van der Waals surface area contributed by atoms with Gasteiger partial charge in [-0.15, -0.1) is 0 Å². The summed E-state index contributed by atoms with van der Waals surface area (Å²) in [6.45, 7) is 5.37. The smallest absolute Gasteiger partial charge is 0.310 e. The second-order valence-electron chi connectivity index (χ2n) is 5.26. The standard InChI is InChI=1S/C15H21NO3/c1-4-11-7-5-6-8-12(11)9-13(17)16-10-15(2,3)14(18)19/h5-8H,4,9-10H2,1-3H3,(H,16,17)(H,18,19). The second-order valence-corrected chi connectivity index (χ2v) is 5.26. The van der Waals surface area contributed by atoms with Crippen molar-refractivity contribution in [1.29, 1.82) is 0 Å². The number of aliphatic carboxylic acids is 1. The zero-order valence-corrected chi connectivity index (χ0v) is 11.7. The van der Waals surface area contributed by atoms with Crippen LogP contribution in [0.1, 0.15) is 31.9 Å². The van der Waals surface area contributed by atoms with Gasteiger partial charge in [0.1, 0.15) is 0 Å². The van der Waals surface area contributed by atoms with Gasteiger partial charge in [-0.05, 0) is 31.4 Å². The fraction of sp³-hybridized carbons (Fsp3) is 0.467. The summed E-state index contributed by atoms with van der Waals surface area (Å²) in [5.41, 5.74) is 1.20. The molecule has 104 valence electrons. The van der Waals surface area contributed by atoms with Gasteiger partial charge in [-0.2, -0.15) is 0 Å². The summed E-state index contributed by atoms with van der Waals surface area (Å²) in [6.07, 6.45) is 1.17. The van der Waals surface area contributed by atoms with Crippen molar-refractivity contribution in [1.82, 2.24) is 5.32 Å². The van der Waals surface area contributed by atoms with E-state index in [1.54, 1.807) is 13.8 Å². The molecule has 4 nitrogen and oxygen atoms in total. The quantitative estimate of drug-likeness (QED) is 0.825. The Kier molecular flexibility index (Phi) is 5.10. The molecule has 0 aliphatic rings. The summed E-state index contributed by atoms with van der Waals surface area (Å²) in [7, 11) is 0. The molecule has 1 amide bonds. The third kappa shape index (κ3) is 4.39. The summed E-state index contributed by atoms with van der Waals surface area (Å²) in [4.78, 5) is 22.8. The van der Waals surface area contributed by atoms with E-state index in [4.69, 9.17) is 5.11 Å². The highest BCUT2D eigenvalue weighted by Gasteiger charge is 2.27. The van der Waals surface area contributed by atoms with Gasteiger partial charge in [0.25, 0.3) is 0 Å². The Morgan fingerprint density at radius 2 is 1.79 bits per heavy atom. The Balaban J connectivity index is 2.59. The van der Waals surface area contributed by atoms with E-state index >= 15 is 0 Å². The van der Waals surface area contributed by atoms with Crippen LogP contribution in [0.2, 0.25) is 0 Å². The number of amides is 1. The van der Waals surface area contributed by atoms with E-state index in [0.29, 0.717) is 6.42 Å². The number of hydrogen-bond acceptors (Lipinski definition) is 2. The van der Waals surface area contributed by atoms with Gasteiger partial charge in [0.15, 0.2) is 0 Å². The predicted molar refractivity (Wildman–Crippen MR) is 74.0 cm³/mol. The fourth-order valence-electron chi connectivity index (χ4n) is 1.71. The van der Waals surface area contributed by atoms with Crippen molar-refractivity contribution in [3.63, 3.8) is 0 Å². The van der Waals surface area contributed by atoms with Gasteiger partial charge in [0.2, 0.25) is 5.91 Å². The van der Waals surface area contributed by atoms with Gasteiger partial charge in [-0.3, -0.25) is 9.59 Å². The molecular weight excluding hydrogens is 242 g/mol. The minimum Gasteiger partial charge on any atom is -0.481 e. The molecule has 4 heteroatoms. The molecule has 0 saturated carbocycles. The topological polar surface area (TPSA) is 66.4 Å². The number of carbonyl (C=O) groups is 2. The van der Waals surface area contributed by atoms with Crippen LogP contribution in [0, 0.1) is 5.41 Å². The Labute approximate surface area is 113 Å². The highest BCUT2D eigenvalue weighted by molar-refractivity contribution is 5.80. The van der Waals surface area contributed by atoms with E-state index in [1.165, 1.54) is 0 Å². The lowest BCUT2D eigenvalue weighted by Gasteiger charge is -2.19. The first-order valence-corrected chi connectivity index (χ1v) is 6.43. The first-order chi connectivity index (χ1) is 8.86. The third-order valence-corrected chi connectivity index (χ3v) is 3.16. The maximum absolute atomic E-state index is 11.8. The van der Waals surface area contributed by atoms with Crippen molar-refractivity contribution in [2.45, 2.75) is 33.6 Å². The molecule has 0 bridgehead atoms. The molecule has 0 aromatic heterocycles. The molecule has 1 aromatic rings. The Morgan fingerprint density at radius 1 is 1.21 bits per heavy atom. The van der Waals surface area contributed by atoms with Crippen molar-refractivity contribution >= 4 is 11.9 Å². The molecule has 0 saturated heterocycles. The van der Waals surface area contributed by atoms with E-state index in [1.807, 2.05) is 31.2 Å². The monoisotopic (exact) mass is 263 g/mol. The first kappa shape index (κ1) is 15.2. The van der Waals surface area contributed by atoms with Gasteiger partial charge < -0.3 is 10.4 Å². The number of hydrogen-bond donors (Lipinski definition) is 2. The third-order valence-electron chi connectivity index (χ3n) is 3.16. The summed E-state index contributed by atoms with van der Waals surface area (Å²) in [5, 5.41) is 11.7. The summed E-state index contributed by atoms with van der Waals surface area (Å²) in [5.74, 6) is -1.06. The van der Waals surface area contributed by atoms with E-state index in [9.17, 15) is 9.59 Å². The van der Waals surface area contributed by atoms with E-state index < -0.39 is 11.4 Å². The number of rotatable bonds is 6. The van der Waals surface area contributed by atoms with Crippen LogP contribution in [0.25, 0.3) is 0 Å². The van der Waals surface area contributed by atoms with Crippen molar-refractivity contribution in [3.8, 4) is 0 Å². The normalized spacial score (nSPS) is 11.1. The van der Waals surface area contributed by atoms with Crippen LogP contribution in [0.15, 0.2) is 24.3 Å². The van der Waals surface area contributed by atoms with E-state index in [2.05, 4.69) is 5.32 Å². The largest absolute Gasteiger partial charge is 0.481 e. The minimum absolute atomic E-state index is 0.134. The van der Waals surface area contributed by atoms with E-state index in [0.717, 1.165) is 17.5 Å². The SMILES string of the molecule is CCc1ccccc1CC(=O)NCC(C)(C)C(=O)O. The number of aryl methyl sites for hydroxylation is 1.